The Balaban J connectivity index is 2.00. The van der Waals surface area contributed by atoms with Crippen LogP contribution in [0, 0.1) is 23.5 Å². The third kappa shape index (κ3) is 2.78. The van der Waals surface area contributed by atoms with Gasteiger partial charge in [-0.3, -0.25) is 9.69 Å². The Morgan fingerprint density at radius 1 is 1.07 bits per heavy atom. The number of fused-ring (bicyclic) bond motifs is 3. The highest BCUT2D eigenvalue weighted by Gasteiger charge is 2.43. The van der Waals surface area contributed by atoms with Crippen LogP contribution < -0.4 is 4.90 Å². The molecule has 0 aliphatic carbocycles. The van der Waals surface area contributed by atoms with Crippen LogP contribution in [0.15, 0.2) is 36.4 Å². The van der Waals surface area contributed by atoms with Crippen molar-refractivity contribution in [1.82, 2.24) is 0 Å². The van der Waals surface area contributed by atoms with E-state index >= 15 is 0 Å². The van der Waals surface area contributed by atoms with Crippen molar-refractivity contribution in [3.05, 3.63) is 67.6 Å². The summed E-state index contributed by atoms with van der Waals surface area (Å²) in [6, 6.07) is 9.92. The van der Waals surface area contributed by atoms with Gasteiger partial charge in [0.25, 0.3) is 5.91 Å². The molecule has 1 aliphatic heterocycles. The zero-order valence-corrected chi connectivity index (χ0v) is 17.9. The third-order valence-electron chi connectivity index (χ3n) is 5.16. The van der Waals surface area contributed by atoms with Crippen molar-refractivity contribution in [3.63, 3.8) is 0 Å². The minimum absolute atomic E-state index is 0.139. The molecule has 1 aromatic heterocycles. The van der Waals surface area contributed by atoms with Crippen molar-refractivity contribution in [2.24, 2.45) is 0 Å². The molecule has 0 bridgehead atoms. The first-order valence-corrected chi connectivity index (χ1v) is 11.1. The molecular formula is C21H18FNOS3. The van der Waals surface area contributed by atoms with Gasteiger partial charge in [0.2, 0.25) is 0 Å². The number of carbonyl (C=O) groups excluding carboxylic acids is 1. The number of anilines is 1. The molecule has 1 amide bonds. The molecule has 2 heterocycles. The summed E-state index contributed by atoms with van der Waals surface area (Å²) in [5.74, 6) is -0.492. The van der Waals surface area contributed by atoms with E-state index in [9.17, 15) is 9.18 Å². The van der Waals surface area contributed by atoms with Crippen molar-refractivity contribution >= 4 is 44.5 Å². The lowest BCUT2D eigenvalue weighted by Gasteiger charge is -2.43. The number of halogens is 1. The third-order valence-corrected chi connectivity index (χ3v) is 8.49. The first-order valence-electron chi connectivity index (χ1n) is 8.57. The molecule has 0 saturated carbocycles. The quantitative estimate of drug-likeness (QED) is 0.320. The number of nitrogens with zero attached hydrogens (tertiary/aromatic N) is 1. The van der Waals surface area contributed by atoms with E-state index in [2.05, 4.69) is 19.1 Å². The van der Waals surface area contributed by atoms with Gasteiger partial charge in [-0.05, 0) is 75.2 Å². The number of benzene rings is 2. The van der Waals surface area contributed by atoms with Gasteiger partial charge in [-0.25, -0.2) is 4.39 Å². The molecule has 2 aromatic carbocycles. The van der Waals surface area contributed by atoms with Gasteiger partial charge in [0.15, 0.2) is 0 Å². The van der Waals surface area contributed by atoms with Crippen molar-refractivity contribution in [3.8, 4) is 11.1 Å². The van der Waals surface area contributed by atoms with E-state index in [-0.39, 0.29) is 11.7 Å². The maximum atomic E-state index is 13.5. The summed E-state index contributed by atoms with van der Waals surface area (Å²) in [4.78, 5) is 16.4. The van der Waals surface area contributed by atoms with Crippen LogP contribution in [0.2, 0.25) is 0 Å². The lowest BCUT2D eigenvalue weighted by molar-refractivity contribution is 0.0961. The first-order chi connectivity index (χ1) is 12.7. The van der Waals surface area contributed by atoms with Crippen molar-refractivity contribution in [1.29, 1.82) is 0 Å². The summed E-state index contributed by atoms with van der Waals surface area (Å²) in [6.45, 7) is 8.20. The Morgan fingerprint density at radius 2 is 1.70 bits per heavy atom. The average Bonchev–Trinajstić information content (AvgIpc) is 3.00. The van der Waals surface area contributed by atoms with Crippen LogP contribution in [-0.4, -0.2) is 5.91 Å². The second-order valence-electron chi connectivity index (χ2n) is 7.32. The van der Waals surface area contributed by atoms with Crippen LogP contribution >= 0.6 is 32.9 Å². The molecular weight excluding hydrogens is 397 g/mol. The number of amides is 1. The minimum atomic E-state index is -0.548. The van der Waals surface area contributed by atoms with E-state index in [1.807, 2.05) is 25.7 Å². The van der Waals surface area contributed by atoms with E-state index in [4.69, 9.17) is 12.2 Å². The Hall–Kier alpha value is -1.89. The molecule has 0 unspecified atom stereocenters. The Bertz CT molecular complexity index is 1130. The van der Waals surface area contributed by atoms with Crippen LogP contribution in [0.1, 0.15) is 40.2 Å². The van der Waals surface area contributed by atoms with Crippen molar-refractivity contribution in [2.75, 3.05) is 4.90 Å². The fourth-order valence-corrected chi connectivity index (χ4v) is 6.85. The Labute approximate surface area is 170 Å². The molecule has 3 aromatic rings. The maximum absolute atomic E-state index is 13.5. The van der Waals surface area contributed by atoms with E-state index < -0.39 is 5.54 Å². The zero-order chi connectivity index (χ0) is 19.5. The predicted octanol–water partition coefficient (Wildman–Crippen LogP) is 6.86. The van der Waals surface area contributed by atoms with Crippen LogP contribution in [0.5, 0.6) is 0 Å². The van der Waals surface area contributed by atoms with Crippen LogP contribution in [-0.2, 0) is 5.54 Å². The molecule has 138 valence electrons. The summed E-state index contributed by atoms with van der Waals surface area (Å²) in [6.07, 6.45) is 0. The smallest absolute Gasteiger partial charge is 0.259 e. The molecule has 4 rings (SSSR count). The first kappa shape index (κ1) is 18.5. The van der Waals surface area contributed by atoms with E-state index in [0.29, 0.717) is 5.56 Å². The number of aryl methyl sites for hydroxylation is 2. The largest absolute Gasteiger partial charge is 0.297 e. The monoisotopic (exact) mass is 415 g/mol. The van der Waals surface area contributed by atoms with Crippen LogP contribution in [0.25, 0.3) is 11.1 Å². The number of hydrogen-bond acceptors (Lipinski definition) is 4. The molecule has 27 heavy (non-hydrogen) atoms. The second-order valence-corrected chi connectivity index (χ2v) is 10.1. The fraction of sp³-hybridized carbons (Fsp3) is 0.238. The van der Waals surface area contributed by atoms with Gasteiger partial charge in [-0.1, -0.05) is 32.9 Å². The van der Waals surface area contributed by atoms with Gasteiger partial charge in [0.05, 0.1) is 16.1 Å². The molecule has 0 saturated heterocycles. The van der Waals surface area contributed by atoms with Gasteiger partial charge in [-0.15, -0.1) is 0 Å². The number of carbonyl (C=O) groups is 1. The molecule has 0 N–H and O–H groups in total. The Morgan fingerprint density at radius 3 is 2.37 bits per heavy atom. The molecule has 1 aliphatic rings. The van der Waals surface area contributed by atoms with Gasteiger partial charge in [0.1, 0.15) is 9.64 Å². The molecule has 0 fully saturated rings. The van der Waals surface area contributed by atoms with Crippen molar-refractivity contribution in [2.45, 2.75) is 33.2 Å². The number of rotatable bonds is 1. The van der Waals surface area contributed by atoms with Gasteiger partial charge in [0, 0.05) is 16.7 Å². The van der Waals surface area contributed by atoms with E-state index in [1.54, 1.807) is 32.8 Å². The van der Waals surface area contributed by atoms with Gasteiger partial charge in [-0.2, -0.15) is 0 Å². The Kier molecular flexibility index (Phi) is 4.33. The predicted molar refractivity (Wildman–Crippen MR) is 114 cm³/mol. The molecule has 6 heteroatoms. The average molecular weight is 416 g/mol. The maximum Gasteiger partial charge on any atom is 0.259 e. The second kappa shape index (κ2) is 6.33. The number of hydrogen-bond donors (Lipinski definition) is 0. The fourth-order valence-electron chi connectivity index (χ4n) is 3.57. The molecule has 0 atom stereocenters. The lowest BCUT2D eigenvalue weighted by Crippen LogP contribution is -2.47. The topological polar surface area (TPSA) is 20.3 Å². The zero-order valence-electron chi connectivity index (χ0n) is 15.4. The standard InChI is InChI=1S/C21H18FNOS3/c1-11-9-15-16(10-12(11)2)23(19(24)13-5-7-14(22)8-6-13)21(3,4)18-17(15)20(25)27-26-18/h5-10H,1-4H3. The normalized spacial score (nSPS) is 14.6. The van der Waals surface area contributed by atoms with Crippen LogP contribution in [0.4, 0.5) is 10.1 Å². The summed E-state index contributed by atoms with van der Waals surface area (Å²) >= 11 is 5.62. The van der Waals surface area contributed by atoms with E-state index in [1.165, 1.54) is 17.7 Å². The van der Waals surface area contributed by atoms with Gasteiger partial charge < -0.3 is 0 Å². The van der Waals surface area contributed by atoms with Crippen molar-refractivity contribution < 1.29 is 9.18 Å². The highest BCUT2D eigenvalue weighted by Crippen LogP contribution is 2.53. The summed E-state index contributed by atoms with van der Waals surface area (Å²) in [5, 5.41) is 0. The highest BCUT2D eigenvalue weighted by atomic mass is 32.9. The molecule has 0 spiro atoms. The summed E-state index contributed by atoms with van der Waals surface area (Å²) < 4.78 is 14.2. The lowest BCUT2D eigenvalue weighted by atomic mass is 9.85. The SMILES string of the molecule is Cc1cc2c(cc1C)N(C(=O)c1ccc(F)cc1)C(C)(C)c1ssc(=S)c1-2. The van der Waals surface area contributed by atoms with E-state index in [0.717, 1.165) is 31.1 Å². The summed E-state index contributed by atoms with van der Waals surface area (Å²) in [7, 11) is 3.21. The van der Waals surface area contributed by atoms with Gasteiger partial charge >= 0.3 is 0 Å². The van der Waals surface area contributed by atoms with Crippen LogP contribution in [0.3, 0.4) is 0 Å². The highest BCUT2D eigenvalue weighted by molar-refractivity contribution is 7.80. The molecule has 2 nitrogen and oxygen atoms in total. The minimum Gasteiger partial charge on any atom is -0.297 e. The summed E-state index contributed by atoms with van der Waals surface area (Å²) in [5.41, 5.74) is 5.15. The molecule has 0 radical (unpaired) electrons.